The Balaban J connectivity index is 1.47. The van der Waals surface area contributed by atoms with Crippen LogP contribution in [0.25, 0.3) is 11.1 Å². The van der Waals surface area contributed by atoms with E-state index in [0.29, 0.717) is 5.82 Å². The van der Waals surface area contributed by atoms with Crippen LogP contribution in [0.3, 0.4) is 0 Å². The van der Waals surface area contributed by atoms with Crippen LogP contribution in [0.2, 0.25) is 0 Å². The average Bonchev–Trinajstić information content (AvgIpc) is 3.40. The zero-order chi connectivity index (χ0) is 25.2. The van der Waals surface area contributed by atoms with E-state index in [1.807, 2.05) is 38.1 Å². The van der Waals surface area contributed by atoms with E-state index in [9.17, 15) is 9.59 Å². The van der Waals surface area contributed by atoms with Crippen LogP contribution in [0.15, 0.2) is 53.1 Å². The van der Waals surface area contributed by atoms with Crippen LogP contribution in [0, 0.1) is 0 Å². The molecule has 3 aromatic rings. The van der Waals surface area contributed by atoms with Gasteiger partial charge in [0.05, 0.1) is 6.42 Å². The van der Waals surface area contributed by atoms with Crippen molar-refractivity contribution in [2.24, 2.45) is 0 Å². The third-order valence-corrected chi connectivity index (χ3v) is 5.70. The number of hydrogen-bond donors (Lipinski definition) is 1. The Labute approximate surface area is 205 Å². The van der Waals surface area contributed by atoms with Crippen molar-refractivity contribution in [1.82, 2.24) is 15.5 Å². The summed E-state index contributed by atoms with van der Waals surface area (Å²) < 4.78 is 16.4. The molecule has 1 aliphatic rings. The van der Waals surface area contributed by atoms with Crippen LogP contribution >= 0.6 is 0 Å². The lowest BCUT2D eigenvalue weighted by molar-refractivity contribution is -0.155. The fourth-order valence-corrected chi connectivity index (χ4v) is 4.16. The molecule has 1 amide bonds. The third-order valence-electron chi connectivity index (χ3n) is 5.70. The molecule has 0 saturated heterocycles. The zero-order valence-electron chi connectivity index (χ0n) is 20.7. The predicted octanol–water partition coefficient (Wildman–Crippen LogP) is 5.50. The first-order chi connectivity index (χ1) is 16.6. The predicted molar refractivity (Wildman–Crippen MR) is 130 cm³/mol. The Morgan fingerprint density at radius 3 is 2.17 bits per heavy atom. The van der Waals surface area contributed by atoms with Crippen LogP contribution in [0.1, 0.15) is 81.8 Å². The van der Waals surface area contributed by atoms with E-state index in [1.165, 1.54) is 0 Å². The maximum absolute atomic E-state index is 12.8. The number of amides is 1. The number of nitrogens with zero attached hydrogens (tertiary/aromatic N) is 2. The number of fused-ring (bicyclic) bond motifs is 3. The van der Waals surface area contributed by atoms with Crippen LogP contribution < -0.4 is 5.32 Å². The number of rotatable bonds is 7. The maximum atomic E-state index is 12.8. The monoisotopic (exact) mass is 477 g/mol. The van der Waals surface area contributed by atoms with Crippen molar-refractivity contribution in [1.29, 1.82) is 0 Å². The van der Waals surface area contributed by atoms with E-state index >= 15 is 0 Å². The molecule has 0 radical (unpaired) electrons. The van der Waals surface area contributed by atoms with Gasteiger partial charge in [-0.05, 0) is 43.0 Å². The molecule has 4 rings (SSSR count). The Hall–Kier alpha value is -3.68. The number of benzene rings is 2. The second-order valence-corrected chi connectivity index (χ2v) is 9.96. The number of esters is 1. The molecule has 184 valence electrons. The Bertz CT molecular complexity index is 1170. The highest BCUT2D eigenvalue weighted by molar-refractivity contribution is 5.79. The van der Waals surface area contributed by atoms with E-state index in [-0.39, 0.29) is 30.8 Å². The highest BCUT2D eigenvalue weighted by atomic mass is 16.6. The summed E-state index contributed by atoms with van der Waals surface area (Å²) in [5.74, 6) is 0.0832. The van der Waals surface area contributed by atoms with Gasteiger partial charge in [0.15, 0.2) is 5.82 Å². The normalized spacial score (nSPS) is 13.8. The number of hydrogen-bond acceptors (Lipinski definition) is 7. The summed E-state index contributed by atoms with van der Waals surface area (Å²) in [5, 5.41) is 6.67. The fraction of sp³-hybridized carbons (Fsp3) is 0.407. The lowest BCUT2D eigenvalue weighted by Gasteiger charge is -2.21. The molecular formula is C27H31N3O5. The summed E-state index contributed by atoms with van der Waals surface area (Å²) in [6, 6.07) is 15.4. The maximum Gasteiger partial charge on any atom is 0.407 e. The Morgan fingerprint density at radius 1 is 1.03 bits per heavy atom. The average molecular weight is 478 g/mol. The standard InChI is InChI=1S/C27H31N3O5/c1-16(2)24-29-25(35-30-24)22(14-23(31)34-27(3,4)5)28-26(32)33-15-21-19-12-8-6-10-17(19)18-11-7-9-13-20(18)21/h6-13,16,21-22H,14-15H2,1-5H3,(H,28,32)/t22-/m1/s1. The molecule has 1 aliphatic carbocycles. The summed E-state index contributed by atoms with van der Waals surface area (Å²) in [6.07, 6.45) is -0.842. The fourth-order valence-electron chi connectivity index (χ4n) is 4.16. The van der Waals surface area contributed by atoms with Gasteiger partial charge in [-0.25, -0.2) is 4.79 Å². The van der Waals surface area contributed by atoms with E-state index < -0.39 is 23.7 Å². The number of carbonyl (C=O) groups is 2. The van der Waals surface area contributed by atoms with Crippen molar-refractivity contribution in [3.63, 3.8) is 0 Å². The molecule has 0 aliphatic heterocycles. The number of carbonyl (C=O) groups excluding carboxylic acids is 2. The number of ether oxygens (including phenoxy) is 2. The lowest BCUT2D eigenvalue weighted by atomic mass is 9.98. The molecule has 0 fully saturated rings. The minimum absolute atomic E-state index is 0.0316. The van der Waals surface area contributed by atoms with E-state index in [4.69, 9.17) is 14.0 Å². The molecule has 1 heterocycles. The second kappa shape index (κ2) is 9.90. The van der Waals surface area contributed by atoms with Crippen molar-refractivity contribution in [2.75, 3.05) is 6.61 Å². The quantitative estimate of drug-likeness (QED) is 0.448. The third kappa shape index (κ3) is 5.70. The van der Waals surface area contributed by atoms with Crippen molar-refractivity contribution >= 4 is 12.1 Å². The first-order valence-electron chi connectivity index (χ1n) is 11.8. The molecule has 1 aromatic heterocycles. The molecule has 0 unspecified atom stereocenters. The summed E-state index contributed by atoms with van der Waals surface area (Å²) in [6.45, 7) is 9.35. The van der Waals surface area contributed by atoms with Gasteiger partial charge in [0.1, 0.15) is 18.2 Å². The number of aromatic nitrogens is 2. The van der Waals surface area contributed by atoms with Crippen molar-refractivity contribution < 1.29 is 23.6 Å². The topological polar surface area (TPSA) is 104 Å². The van der Waals surface area contributed by atoms with Gasteiger partial charge >= 0.3 is 12.1 Å². The minimum Gasteiger partial charge on any atom is -0.460 e. The van der Waals surface area contributed by atoms with Gasteiger partial charge in [-0.2, -0.15) is 4.98 Å². The Kier molecular flexibility index (Phi) is 6.91. The smallest absolute Gasteiger partial charge is 0.407 e. The van der Waals surface area contributed by atoms with Gasteiger partial charge in [0, 0.05) is 11.8 Å². The van der Waals surface area contributed by atoms with Crippen LogP contribution in [0.5, 0.6) is 0 Å². The highest BCUT2D eigenvalue weighted by Gasteiger charge is 2.31. The molecule has 8 nitrogen and oxygen atoms in total. The SMILES string of the molecule is CC(C)c1noc([C@@H](CC(=O)OC(C)(C)C)NC(=O)OCC2c3ccccc3-c3ccccc32)n1. The minimum atomic E-state index is -0.875. The summed E-state index contributed by atoms with van der Waals surface area (Å²) >= 11 is 0. The molecule has 1 atom stereocenters. The summed E-state index contributed by atoms with van der Waals surface area (Å²) in [4.78, 5) is 29.7. The lowest BCUT2D eigenvalue weighted by Crippen LogP contribution is -2.33. The molecule has 0 bridgehead atoms. The second-order valence-electron chi connectivity index (χ2n) is 9.96. The van der Waals surface area contributed by atoms with Crippen LogP contribution in [0.4, 0.5) is 4.79 Å². The molecule has 35 heavy (non-hydrogen) atoms. The van der Waals surface area contributed by atoms with Gasteiger partial charge in [-0.15, -0.1) is 0 Å². The van der Waals surface area contributed by atoms with Crippen molar-refractivity contribution in [3.05, 3.63) is 71.4 Å². The number of nitrogens with one attached hydrogen (secondary N) is 1. The molecule has 0 saturated carbocycles. The van der Waals surface area contributed by atoms with Gasteiger partial charge < -0.3 is 19.3 Å². The summed E-state index contributed by atoms with van der Waals surface area (Å²) in [5.41, 5.74) is 3.86. The van der Waals surface area contributed by atoms with Crippen LogP contribution in [-0.2, 0) is 14.3 Å². The van der Waals surface area contributed by atoms with E-state index in [1.54, 1.807) is 20.8 Å². The van der Waals surface area contributed by atoms with E-state index in [0.717, 1.165) is 22.3 Å². The molecule has 0 spiro atoms. The van der Waals surface area contributed by atoms with Crippen LogP contribution in [-0.4, -0.2) is 34.4 Å². The number of alkyl carbamates (subject to hydrolysis) is 1. The van der Waals surface area contributed by atoms with Crippen molar-refractivity contribution in [3.8, 4) is 11.1 Å². The first kappa shape index (κ1) is 24.4. The largest absolute Gasteiger partial charge is 0.460 e. The van der Waals surface area contributed by atoms with Gasteiger partial charge in [-0.3, -0.25) is 4.79 Å². The van der Waals surface area contributed by atoms with Gasteiger partial charge in [-0.1, -0.05) is 67.5 Å². The molecular weight excluding hydrogens is 446 g/mol. The molecule has 1 N–H and O–H groups in total. The van der Waals surface area contributed by atoms with Gasteiger partial charge in [0.2, 0.25) is 5.89 Å². The van der Waals surface area contributed by atoms with Gasteiger partial charge in [0.25, 0.3) is 0 Å². The van der Waals surface area contributed by atoms with E-state index in [2.05, 4.69) is 39.7 Å². The zero-order valence-corrected chi connectivity index (χ0v) is 20.7. The summed E-state index contributed by atoms with van der Waals surface area (Å²) in [7, 11) is 0. The van der Waals surface area contributed by atoms with Crippen molar-refractivity contribution in [2.45, 2.75) is 64.5 Å². The highest BCUT2D eigenvalue weighted by Crippen LogP contribution is 2.44. The molecule has 8 heteroatoms. The first-order valence-corrected chi connectivity index (χ1v) is 11.8. The molecule has 2 aromatic carbocycles. The Morgan fingerprint density at radius 2 is 1.63 bits per heavy atom.